The van der Waals surface area contributed by atoms with Gasteiger partial charge in [0.25, 0.3) is 0 Å². The summed E-state index contributed by atoms with van der Waals surface area (Å²) in [6, 6.07) is 6.08. The van der Waals surface area contributed by atoms with Gasteiger partial charge in [0.05, 0.1) is 12.2 Å². The standard InChI is InChI=1S/C18H29N3O3/c1-17(2,3)24-16(22)20-12-18(4,11-19)13-6-7-15-14(10-13)21(5)8-9-23-15/h6-7,10H,8-9,11-12,19H2,1-5H3,(H,20,22). The van der Waals surface area contributed by atoms with Crippen LogP contribution in [0, 0.1) is 0 Å². The zero-order valence-electron chi connectivity index (χ0n) is 15.3. The van der Waals surface area contributed by atoms with Crippen LogP contribution in [0.1, 0.15) is 33.3 Å². The Balaban J connectivity index is 2.14. The summed E-state index contributed by atoms with van der Waals surface area (Å²) in [6.45, 7) is 9.92. The number of carbonyl (C=O) groups excluding carboxylic acids is 1. The number of anilines is 1. The van der Waals surface area contributed by atoms with Crippen molar-refractivity contribution in [1.82, 2.24) is 5.32 Å². The molecule has 6 heteroatoms. The van der Waals surface area contributed by atoms with E-state index in [1.165, 1.54) is 0 Å². The molecule has 1 amide bonds. The number of rotatable bonds is 4. The Kier molecular flexibility index (Phi) is 5.28. The number of nitrogens with one attached hydrogen (secondary N) is 1. The van der Waals surface area contributed by atoms with Crippen LogP contribution in [-0.2, 0) is 10.2 Å². The van der Waals surface area contributed by atoms with Crippen LogP contribution in [0.25, 0.3) is 0 Å². The average molecular weight is 335 g/mol. The Labute approximate surface area is 144 Å². The summed E-state index contributed by atoms with van der Waals surface area (Å²) in [4.78, 5) is 14.1. The van der Waals surface area contributed by atoms with Crippen molar-refractivity contribution < 1.29 is 14.3 Å². The highest BCUT2D eigenvalue weighted by Crippen LogP contribution is 2.35. The maximum atomic E-state index is 11.9. The Bertz CT molecular complexity index is 598. The van der Waals surface area contributed by atoms with Crippen LogP contribution in [0.15, 0.2) is 18.2 Å². The highest BCUT2D eigenvalue weighted by molar-refractivity contribution is 5.68. The van der Waals surface area contributed by atoms with E-state index in [0.29, 0.717) is 19.7 Å². The lowest BCUT2D eigenvalue weighted by Gasteiger charge is -2.33. The smallest absolute Gasteiger partial charge is 0.407 e. The Morgan fingerprint density at radius 3 is 2.71 bits per heavy atom. The molecule has 0 aliphatic carbocycles. The van der Waals surface area contributed by atoms with Gasteiger partial charge < -0.3 is 25.4 Å². The van der Waals surface area contributed by atoms with Crippen molar-refractivity contribution in [3.63, 3.8) is 0 Å². The molecule has 0 bridgehead atoms. The fourth-order valence-electron chi connectivity index (χ4n) is 2.60. The van der Waals surface area contributed by atoms with Crippen molar-refractivity contribution in [3.05, 3.63) is 23.8 Å². The SMILES string of the molecule is CN1CCOc2ccc(C(C)(CN)CNC(=O)OC(C)(C)C)cc21. The van der Waals surface area contributed by atoms with Crippen molar-refractivity contribution in [2.75, 3.05) is 38.2 Å². The van der Waals surface area contributed by atoms with Gasteiger partial charge in [0, 0.05) is 25.6 Å². The number of alkyl carbamates (subject to hydrolysis) is 1. The van der Waals surface area contributed by atoms with E-state index in [-0.39, 0.29) is 5.41 Å². The number of hydrogen-bond acceptors (Lipinski definition) is 5. The summed E-state index contributed by atoms with van der Waals surface area (Å²) in [6.07, 6.45) is -0.430. The molecule has 6 nitrogen and oxygen atoms in total. The first-order chi connectivity index (χ1) is 11.1. The molecule has 1 aliphatic rings. The van der Waals surface area contributed by atoms with Crippen LogP contribution in [0.4, 0.5) is 10.5 Å². The minimum Gasteiger partial charge on any atom is -0.490 e. The minimum atomic E-state index is -0.519. The lowest BCUT2D eigenvalue weighted by molar-refractivity contribution is 0.0516. The summed E-state index contributed by atoms with van der Waals surface area (Å²) < 4.78 is 11.0. The first kappa shape index (κ1) is 18.4. The molecule has 0 saturated heterocycles. The number of ether oxygens (including phenoxy) is 2. The highest BCUT2D eigenvalue weighted by atomic mass is 16.6. The summed E-state index contributed by atoms with van der Waals surface area (Å²) in [5.74, 6) is 0.881. The van der Waals surface area contributed by atoms with E-state index in [9.17, 15) is 4.79 Å². The number of nitrogens with zero attached hydrogens (tertiary/aromatic N) is 1. The van der Waals surface area contributed by atoms with E-state index in [2.05, 4.69) is 16.3 Å². The van der Waals surface area contributed by atoms with Gasteiger partial charge in [-0.25, -0.2) is 4.79 Å². The van der Waals surface area contributed by atoms with Crippen molar-refractivity contribution in [2.24, 2.45) is 5.73 Å². The maximum Gasteiger partial charge on any atom is 0.407 e. The van der Waals surface area contributed by atoms with Gasteiger partial charge in [-0.3, -0.25) is 0 Å². The van der Waals surface area contributed by atoms with Crippen LogP contribution in [0.2, 0.25) is 0 Å². The molecule has 0 radical (unpaired) electrons. The van der Waals surface area contributed by atoms with Gasteiger partial charge >= 0.3 is 6.09 Å². The van der Waals surface area contributed by atoms with E-state index < -0.39 is 11.7 Å². The maximum absolute atomic E-state index is 11.9. The monoisotopic (exact) mass is 335 g/mol. The van der Waals surface area contributed by atoms with Crippen LogP contribution in [0.5, 0.6) is 5.75 Å². The average Bonchev–Trinajstić information content (AvgIpc) is 2.51. The van der Waals surface area contributed by atoms with Gasteiger partial charge in [-0.15, -0.1) is 0 Å². The predicted molar refractivity (Wildman–Crippen MR) is 95.9 cm³/mol. The van der Waals surface area contributed by atoms with Gasteiger partial charge in [0.15, 0.2) is 0 Å². The summed E-state index contributed by atoms with van der Waals surface area (Å²) >= 11 is 0. The minimum absolute atomic E-state index is 0.385. The molecule has 2 rings (SSSR count). The van der Waals surface area contributed by atoms with Crippen LogP contribution < -0.4 is 20.7 Å². The summed E-state index contributed by atoms with van der Waals surface area (Å²) in [7, 11) is 2.05. The molecule has 134 valence electrons. The summed E-state index contributed by atoms with van der Waals surface area (Å²) in [5.41, 5.74) is 7.24. The number of fused-ring (bicyclic) bond motifs is 1. The lowest BCUT2D eigenvalue weighted by Crippen LogP contribution is -2.45. The number of amides is 1. The van der Waals surface area contributed by atoms with E-state index in [1.54, 1.807) is 0 Å². The molecule has 0 saturated carbocycles. The van der Waals surface area contributed by atoms with Gasteiger partial charge in [0.2, 0.25) is 0 Å². The summed E-state index contributed by atoms with van der Waals surface area (Å²) in [5, 5.41) is 2.83. The molecule has 1 aromatic carbocycles. The third-order valence-electron chi connectivity index (χ3n) is 4.22. The molecule has 0 aromatic heterocycles. The second kappa shape index (κ2) is 6.89. The van der Waals surface area contributed by atoms with Gasteiger partial charge in [-0.05, 0) is 38.5 Å². The number of carbonyl (C=O) groups is 1. The van der Waals surface area contributed by atoms with E-state index in [0.717, 1.165) is 23.5 Å². The Morgan fingerprint density at radius 2 is 2.08 bits per heavy atom. The predicted octanol–water partition coefficient (Wildman–Crippen LogP) is 2.26. The molecular weight excluding hydrogens is 306 g/mol. The van der Waals surface area contributed by atoms with Crippen molar-refractivity contribution in [3.8, 4) is 5.75 Å². The van der Waals surface area contributed by atoms with Crippen molar-refractivity contribution >= 4 is 11.8 Å². The van der Waals surface area contributed by atoms with Crippen LogP contribution in [-0.4, -0.2) is 45.0 Å². The zero-order valence-corrected chi connectivity index (χ0v) is 15.3. The second-order valence-corrected chi connectivity index (χ2v) is 7.57. The highest BCUT2D eigenvalue weighted by Gasteiger charge is 2.29. The van der Waals surface area contributed by atoms with E-state index >= 15 is 0 Å². The third kappa shape index (κ3) is 4.32. The van der Waals surface area contributed by atoms with Gasteiger partial charge in [-0.1, -0.05) is 13.0 Å². The van der Waals surface area contributed by atoms with Gasteiger partial charge in [0.1, 0.15) is 18.0 Å². The van der Waals surface area contributed by atoms with Crippen LogP contribution in [0.3, 0.4) is 0 Å². The molecule has 24 heavy (non-hydrogen) atoms. The van der Waals surface area contributed by atoms with E-state index in [4.69, 9.17) is 15.2 Å². The molecule has 1 aromatic rings. The largest absolute Gasteiger partial charge is 0.490 e. The van der Waals surface area contributed by atoms with Crippen molar-refractivity contribution in [1.29, 1.82) is 0 Å². The molecule has 0 fully saturated rings. The second-order valence-electron chi connectivity index (χ2n) is 7.57. The number of hydrogen-bond donors (Lipinski definition) is 2. The normalized spacial score (nSPS) is 16.7. The first-order valence-corrected chi connectivity index (χ1v) is 8.30. The Morgan fingerprint density at radius 1 is 1.38 bits per heavy atom. The van der Waals surface area contributed by atoms with E-state index in [1.807, 2.05) is 46.9 Å². The molecule has 1 unspecified atom stereocenters. The van der Waals surface area contributed by atoms with Crippen LogP contribution >= 0.6 is 0 Å². The lowest BCUT2D eigenvalue weighted by atomic mass is 9.82. The number of benzene rings is 1. The topological polar surface area (TPSA) is 76.8 Å². The molecule has 1 aliphatic heterocycles. The number of nitrogens with two attached hydrogens (primary N) is 1. The molecule has 1 heterocycles. The van der Waals surface area contributed by atoms with Gasteiger partial charge in [-0.2, -0.15) is 0 Å². The van der Waals surface area contributed by atoms with Crippen molar-refractivity contribution in [2.45, 2.75) is 38.7 Å². The first-order valence-electron chi connectivity index (χ1n) is 8.30. The fourth-order valence-corrected chi connectivity index (χ4v) is 2.60. The Hall–Kier alpha value is -1.95. The third-order valence-corrected chi connectivity index (χ3v) is 4.22. The quantitative estimate of drug-likeness (QED) is 0.882. The number of likely N-dealkylation sites (N-methyl/N-ethyl adjacent to an activating group) is 1. The zero-order chi connectivity index (χ0) is 18.0. The fraction of sp³-hybridized carbons (Fsp3) is 0.611. The molecule has 1 atom stereocenters. The molecular formula is C18H29N3O3. The molecule has 0 spiro atoms. The molecule has 3 N–H and O–H groups in total.